The second-order valence-corrected chi connectivity index (χ2v) is 23.5. The van der Waals surface area contributed by atoms with Gasteiger partial charge in [0.2, 0.25) is 5.91 Å². The van der Waals surface area contributed by atoms with Gasteiger partial charge >= 0.3 is 5.97 Å². The molecule has 0 aliphatic heterocycles. The summed E-state index contributed by atoms with van der Waals surface area (Å²) >= 11 is 0. The van der Waals surface area contributed by atoms with Crippen molar-refractivity contribution in [1.82, 2.24) is 5.32 Å². The van der Waals surface area contributed by atoms with Crippen molar-refractivity contribution < 1.29 is 24.5 Å². The van der Waals surface area contributed by atoms with Gasteiger partial charge in [-0.1, -0.05) is 354 Å². The Morgan fingerprint density at radius 1 is 0.329 bits per heavy atom. The van der Waals surface area contributed by atoms with E-state index in [9.17, 15) is 19.8 Å². The number of esters is 1. The van der Waals surface area contributed by atoms with E-state index in [2.05, 4.69) is 19.2 Å². The Balaban J connectivity index is 3.33. The second-order valence-electron chi connectivity index (χ2n) is 23.5. The molecule has 0 rings (SSSR count). The van der Waals surface area contributed by atoms with Gasteiger partial charge in [-0.2, -0.15) is 0 Å². The number of hydrogen-bond acceptors (Lipinski definition) is 5. The van der Waals surface area contributed by atoms with Gasteiger partial charge in [0.25, 0.3) is 0 Å². The van der Waals surface area contributed by atoms with E-state index in [1.807, 2.05) is 0 Å². The molecule has 0 radical (unpaired) electrons. The molecule has 0 aliphatic carbocycles. The van der Waals surface area contributed by atoms with Gasteiger partial charge in [-0.15, -0.1) is 0 Å². The fraction of sp³-hybridized carbons (Fsp3) is 0.970. The maximum Gasteiger partial charge on any atom is 0.305 e. The standard InChI is InChI=1S/C67H133NO5/c1-3-5-7-9-11-13-15-16-17-30-33-36-40-43-47-51-55-59-65(70)64(63-69)68-66(71)60-56-52-48-44-41-37-34-31-28-26-24-22-20-18-19-21-23-25-27-29-32-35-38-42-46-50-54-58-62-73-67(72)61-57-53-49-45-39-14-12-10-8-6-4-2/h64-65,69-70H,3-63H2,1-2H3,(H,68,71). The van der Waals surface area contributed by atoms with Gasteiger partial charge in [0.1, 0.15) is 0 Å². The van der Waals surface area contributed by atoms with E-state index >= 15 is 0 Å². The Morgan fingerprint density at radius 2 is 0.562 bits per heavy atom. The topological polar surface area (TPSA) is 95.9 Å². The van der Waals surface area contributed by atoms with Crippen LogP contribution in [0.25, 0.3) is 0 Å². The van der Waals surface area contributed by atoms with E-state index in [1.165, 1.54) is 321 Å². The molecule has 0 fully saturated rings. The van der Waals surface area contributed by atoms with Crippen molar-refractivity contribution in [2.24, 2.45) is 0 Å². The second kappa shape index (κ2) is 63.4. The van der Waals surface area contributed by atoms with E-state index < -0.39 is 12.1 Å². The predicted octanol–water partition coefficient (Wildman–Crippen LogP) is 21.4. The third-order valence-electron chi connectivity index (χ3n) is 16.2. The Hall–Kier alpha value is -1.14. The van der Waals surface area contributed by atoms with Gasteiger partial charge in [0.15, 0.2) is 0 Å². The van der Waals surface area contributed by atoms with Crippen LogP contribution in [0, 0.1) is 0 Å². The number of hydrogen-bond donors (Lipinski definition) is 3. The molecule has 436 valence electrons. The molecule has 0 saturated carbocycles. The summed E-state index contributed by atoms with van der Waals surface area (Å²) in [7, 11) is 0. The lowest BCUT2D eigenvalue weighted by Gasteiger charge is -2.22. The maximum absolute atomic E-state index is 12.5. The van der Waals surface area contributed by atoms with Gasteiger partial charge in [-0.25, -0.2) is 0 Å². The average Bonchev–Trinajstić information content (AvgIpc) is 3.39. The predicted molar refractivity (Wildman–Crippen MR) is 320 cm³/mol. The van der Waals surface area contributed by atoms with Crippen LogP contribution in [0.15, 0.2) is 0 Å². The highest BCUT2D eigenvalue weighted by Crippen LogP contribution is 2.19. The molecule has 0 saturated heterocycles. The van der Waals surface area contributed by atoms with E-state index in [-0.39, 0.29) is 18.5 Å². The molecular formula is C67H133NO5. The number of aliphatic hydroxyl groups excluding tert-OH is 2. The molecule has 0 aromatic carbocycles. The number of aliphatic hydroxyl groups is 2. The van der Waals surface area contributed by atoms with Crippen molar-refractivity contribution in [3.05, 3.63) is 0 Å². The van der Waals surface area contributed by atoms with E-state index in [1.54, 1.807) is 0 Å². The lowest BCUT2D eigenvalue weighted by molar-refractivity contribution is -0.143. The van der Waals surface area contributed by atoms with Crippen LogP contribution in [0.2, 0.25) is 0 Å². The summed E-state index contributed by atoms with van der Waals surface area (Å²) in [6.07, 6.45) is 75.7. The summed E-state index contributed by atoms with van der Waals surface area (Å²) in [5.41, 5.74) is 0. The van der Waals surface area contributed by atoms with Crippen LogP contribution < -0.4 is 5.32 Å². The minimum atomic E-state index is -0.661. The molecule has 73 heavy (non-hydrogen) atoms. The van der Waals surface area contributed by atoms with E-state index in [0.29, 0.717) is 25.9 Å². The van der Waals surface area contributed by atoms with Crippen LogP contribution in [0.4, 0.5) is 0 Å². The normalized spacial score (nSPS) is 12.4. The third kappa shape index (κ3) is 60.0. The number of ether oxygens (including phenoxy) is 1. The van der Waals surface area contributed by atoms with Crippen molar-refractivity contribution in [3.63, 3.8) is 0 Å². The minimum Gasteiger partial charge on any atom is -0.466 e. The smallest absolute Gasteiger partial charge is 0.305 e. The van der Waals surface area contributed by atoms with Gasteiger partial charge in [-0.05, 0) is 25.7 Å². The number of unbranched alkanes of at least 4 members (excludes halogenated alkanes) is 53. The van der Waals surface area contributed by atoms with Gasteiger partial charge < -0.3 is 20.3 Å². The fourth-order valence-corrected chi connectivity index (χ4v) is 11.0. The van der Waals surface area contributed by atoms with Crippen molar-refractivity contribution in [1.29, 1.82) is 0 Å². The molecular weight excluding hydrogens is 899 g/mol. The molecule has 0 spiro atoms. The molecule has 6 nitrogen and oxygen atoms in total. The Kier molecular flexibility index (Phi) is 62.4. The molecule has 0 bridgehead atoms. The van der Waals surface area contributed by atoms with Crippen molar-refractivity contribution >= 4 is 11.9 Å². The molecule has 0 aliphatic rings. The molecule has 0 aromatic rings. The van der Waals surface area contributed by atoms with Crippen LogP contribution >= 0.6 is 0 Å². The van der Waals surface area contributed by atoms with Crippen LogP contribution in [0.3, 0.4) is 0 Å². The van der Waals surface area contributed by atoms with E-state index in [4.69, 9.17) is 4.74 Å². The largest absolute Gasteiger partial charge is 0.466 e. The summed E-state index contributed by atoms with van der Waals surface area (Å²) in [6, 6.07) is -0.538. The first-order valence-corrected chi connectivity index (χ1v) is 33.8. The molecule has 2 atom stereocenters. The summed E-state index contributed by atoms with van der Waals surface area (Å²) in [5, 5.41) is 23.4. The van der Waals surface area contributed by atoms with Gasteiger partial charge in [-0.3, -0.25) is 9.59 Å². The molecule has 3 N–H and O–H groups in total. The van der Waals surface area contributed by atoms with Gasteiger partial charge in [0.05, 0.1) is 25.4 Å². The molecule has 6 heteroatoms. The van der Waals surface area contributed by atoms with Crippen LogP contribution in [0.5, 0.6) is 0 Å². The number of nitrogens with one attached hydrogen (secondary N) is 1. The zero-order valence-electron chi connectivity index (χ0n) is 49.9. The zero-order valence-corrected chi connectivity index (χ0v) is 49.9. The minimum absolute atomic E-state index is 0.0195. The Morgan fingerprint density at radius 3 is 0.836 bits per heavy atom. The first kappa shape index (κ1) is 71.9. The lowest BCUT2D eigenvalue weighted by atomic mass is 10.0. The summed E-state index contributed by atoms with van der Waals surface area (Å²) in [6.45, 7) is 4.99. The number of amides is 1. The first-order valence-electron chi connectivity index (χ1n) is 33.8. The monoisotopic (exact) mass is 1030 g/mol. The highest BCUT2D eigenvalue weighted by atomic mass is 16.5. The maximum atomic E-state index is 12.5. The summed E-state index contributed by atoms with van der Waals surface area (Å²) in [4.78, 5) is 24.5. The SMILES string of the molecule is CCCCCCCCCCCCCCCCCCCC(O)C(CO)NC(=O)CCCCCCCCCCCCCCCCCCCCCCCCCCCCCCOC(=O)CCCCCCCCCCCCC. The van der Waals surface area contributed by atoms with Crippen molar-refractivity contribution in [2.75, 3.05) is 13.2 Å². The highest BCUT2D eigenvalue weighted by Gasteiger charge is 2.20. The molecule has 0 heterocycles. The summed E-state index contributed by atoms with van der Waals surface area (Å²) in [5.74, 6) is -0.00805. The fourth-order valence-electron chi connectivity index (χ4n) is 11.0. The third-order valence-corrected chi connectivity index (χ3v) is 16.2. The van der Waals surface area contributed by atoms with Crippen molar-refractivity contribution in [3.8, 4) is 0 Å². The zero-order chi connectivity index (χ0) is 52.9. The highest BCUT2D eigenvalue weighted by molar-refractivity contribution is 5.76. The van der Waals surface area contributed by atoms with Crippen LogP contribution in [-0.4, -0.2) is 47.4 Å². The number of rotatable bonds is 64. The quantitative estimate of drug-likeness (QED) is 0.0417. The lowest BCUT2D eigenvalue weighted by Crippen LogP contribution is -2.45. The van der Waals surface area contributed by atoms with E-state index in [0.717, 1.165) is 38.5 Å². The number of carbonyl (C=O) groups is 2. The Labute approximate surface area is 457 Å². The number of carbonyl (C=O) groups excluding carboxylic acids is 2. The van der Waals surface area contributed by atoms with Gasteiger partial charge in [0, 0.05) is 12.8 Å². The first-order chi connectivity index (χ1) is 36.0. The molecule has 0 aromatic heterocycles. The average molecular weight is 1030 g/mol. The van der Waals surface area contributed by atoms with Crippen LogP contribution in [0.1, 0.15) is 393 Å². The molecule has 2 unspecified atom stereocenters. The Bertz CT molecular complexity index is 1050. The van der Waals surface area contributed by atoms with Crippen molar-refractivity contribution in [2.45, 2.75) is 405 Å². The summed E-state index contributed by atoms with van der Waals surface area (Å²) < 4.78 is 5.47. The molecule has 1 amide bonds. The van der Waals surface area contributed by atoms with Crippen LogP contribution in [-0.2, 0) is 14.3 Å².